The van der Waals surface area contributed by atoms with Crippen LogP contribution in [0.5, 0.6) is 5.88 Å². The second-order valence-corrected chi connectivity index (χ2v) is 7.92. The molecule has 4 aromatic rings. The first-order valence-electron chi connectivity index (χ1n) is 9.98. The Morgan fingerprint density at radius 1 is 1.20 bits per heavy atom. The summed E-state index contributed by atoms with van der Waals surface area (Å²) in [6, 6.07) is 6.19. The van der Waals surface area contributed by atoms with Crippen LogP contribution in [0.2, 0.25) is 0 Å². The van der Waals surface area contributed by atoms with Crippen molar-refractivity contribution in [3.63, 3.8) is 0 Å². The number of nitrogens with zero attached hydrogens (tertiary/aromatic N) is 5. The molecule has 0 aliphatic carbocycles. The average molecular weight is 404 g/mol. The molecule has 30 heavy (non-hydrogen) atoms. The average Bonchev–Trinajstić information content (AvgIpc) is 3.38. The molecule has 3 aromatic heterocycles. The summed E-state index contributed by atoms with van der Waals surface area (Å²) in [6.45, 7) is 5.39. The topological polar surface area (TPSA) is 85.0 Å². The number of aromatic amines is 1. The van der Waals surface area contributed by atoms with E-state index in [1.807, 2.05) is 38.4 Å². The van der Waals surface area contributed by atoms with E-state index in [0.717, 1.165) is 57.2 Å². The summed E-state index contributed by atoms with van der Waals surface area (Å²) >= 11 is 0. The van der Waals surface area contributed by atoms with Crippen molar-refractivity contribution in [3.8, 4) is 17.0 Å². The van der Waals surface area contributed by atoms with Crippen LogP contribution in [0.4, 0.5) is 0 Å². The third kappa shape index (κ3) is 3.19. The van der Waals surface area contributed by atoms with Gasteiger partial charge in [-0.2, -0.15) is 10.2 Å². The summed E-state index contributed by atoms with van der Waals surface area (Å²) in [7, 11) is 3.95. The molecular formula is C22H24N6O2. The molecule has 4 heterocycles. The second-order valence-electron chi connectivity index (χ2n) is 7.92. The van der Waals surface area contributed by atoms with E-state index in [1.165, 1.54) is 0 Å². The summed E-state index contributed by atoms with van der Waals surface area (Å²) in [5.41, 5.74) is 5.71. The van der Waals surface area contributed by atoms with E-state index in [0.29, 0.717) is 6.54 Å². The van der Waals surface area contributed by atoms with Gasteiger partial charge in [0.2, 0.25) is 5.88 Å². The Balaban J connectivity index is 1.69. The van der Waals surface area contributed by atoms with Gasteiger partial charge in [-0.3, -0.25) is 10.00 Å². The normalized spacial score (nSPS) is 18.5. The SMILES string of the molecule is Cc1noc2c1/C=C/c1[nH]nc3ccc(cc13)-c1cnn(C)c1O[C@@H](C)CN(C)C2. The number of fused-ring (bicyclic) bond motifs is 4. The lowest BCUT2D eigenvalue weighted by Crippen LogP contribution is -2.31. The highest BCUT2D eigenvalue weighted by atomic mass is 16.5. The number of ether oxygens (including phenoxy) is 1. The second kappa shape index (κ2) is 7.14. The van der Waals surface area contributed by atoms with Crippen molar-refractivity contribution in [1.82, 2.24) is 30.0 Å². The minimum atomic E-state index is -0.0366. The number of benzene rings is 1. The van der Waals surface area contributed by atoms with Gasteiger partial charge in [0.05, 0.1) is 35.2 Å². The number of H-pyrrole nitrogens is 1. The Morgan fingerprint density at radius 3 is 2.93 bits per heavy atom. The lowest BCUT2D eigenvalue weighted by molar-refractivity contribution is 0.142. The van der Waals surface area contributed by atoms with Crippen LogP contribution in [0.15, 0.2) is 28.9 Å². The Hall–Kier alpha value is -3.39. The van der Waals surface area contributed by atoms with E-state index in [2.05, 4.69) is 51.5 Å². The van der Waals surface area contributed by atoms with Gasteiger partial charge in [0, 0.05) is 24.5 Å². The number of aryl methyl sites for hydroxylation is 2. The van der Waals surface area contributed by atoms with Crippen molar-refractivity contribution in [2.75, 3.05) is 13.6 Å². The Kier molecular flexibility index (Phi) is 4.43. The summed E-state index contributed by atoms with van der Waals surface area (Å²) in [6.07, 6.45) is 5.89. The molecule has 0 saturated carbocycles. The predicted molar refractivity (Wildman–Crippen MR) is 115 cm³/mol. The van der Waals surface area contributed by atoms with Crippen LogP contribution < -0.4 is 4.74 Å². The van der Waals surface area contributed by atoms with Crippen molar-refractivity contribution in [1.29, 1.82) is 0 Å². The molecule has 0 saturated heterocycles. The fourth-order valence-corrected chi connectivity index (χ4v) is 3.98. The molecule has 0 unspecified atom stereocenters. The number of hydrogen-bond donors (Lipinski definition) is 1. The Morgan fingerprint density at radius 2 is 2.07 bits per heavy atom. The summed E-state index contributed by atoms with van der Waals surface area (Å²) in [4.78, 5) is 2.17. The molecular weight excluding hydrogens is 380 g/mol. The fourth-order valence-electron chi connectivity index (χ4n) is 3.98. The maximum atomic E-state index is 6.33. The van der Waals surface area contributed by atoms with Gasteiger partial charge in [-0.25, -0.2) is 4.68 Å². The van der Waals surface area contributed by atoms with E-state index < -0.39 is 0 Å². The first kappa shape index (κ1) is 18.6. The number of aromatic nitrogens is 5. The molecule has 1 aliphatic rings. The van der Waals surface area contributed by atoms with Crippen LogP contribution >= 0.6 is 0 Å². The van der Waals surface area contributed by atoms with Gasteiger partial charge < -0.3 is 9.26 Å². The van der Waals surface area contributed by atoms with Crippen molar-refractivity contribution in [3.05, 3.63) is 47.1 Å². The zero-order valence-electron chi connectivity index (χ0n) is 17.5. The monoisotopic (exact) mass is 404 g/mol. The van der Waals surface area contributed by atoms with Crippen molar-refractivity contribution in [2.45, 2.75) is 26.5 Å². The maximum Gasteiger partial charge on any atom is 0.219 e. The molecule has 8 heteroatoms. The van der Waals surface area contributed by atoms with Gasteiger partial charge in [0.25, 0.3) is 0 Å². The van der Waals surface area contributed by atoms with Crippen LogP contribution in [0, 0.1) is 6.92 Å². The van der Waals surface area contributed by atoms with E-state index in [1.54, 1.807) is 4.68 Å². The first-order valence-corrected chi connectivity index (χ1v) is 9.98. The van der Waals surface area contributed by atoms with Crippen LogP contribution in [0.25, 0.3) is 34.2 Å². The number of likely N-dealkylation sites (N-methyl/N-ethyl adjacent to an activating group) is 1. The molecule has 154 valence electrons. The zero-order valence-corrected chi connectivity index (χ0v) is 17.5. The van der Waals surface area contributed by atoms with Crippen molar-refractivity contribution < 1.29 is 9.26 Å². The van der Waals surface area contributed by atoms with Gasteiger partial charge in [-0.05, 0) is 50.7 Å². The minimum absolute atomic E-state index is 0.0366. The van der Waals surface area contributed by atoms with Crippen LogP contribution in [0.1, 0.15) is 29.6 Å². The largest absolute Gasteiger partial charge is 0.473 e. The summed E-state index contributed by atoms with van der Waals surface area (Å²) in [5.74, 6) is 1.58. The van der Waals surface area contributed by atoms with Gasteiger partial charge in [0.1, 0.15) is 6.10 Å². The Bertz CT molecular complexity index is 1250. The zero-order chi connectivity index (χ0) is 20.8. The first-order chi connectivity index (χ1) is 14.5. The number of hydrogen-bond acceptors (Lipinski definition) is 6. The molecule has 0 amide bonds. The lowest BCUT2D eigenvalue weighted by Gasteiger charge is -2.22. The van der Waals surface area contributed by atoms with Crippen LogP contribution in [0.3, 0.4) is 0 Å². The molecule has 1 aliphatic heterocycles. The van der Waals surface area contributed by atoms with Gasteiger partial charge in [-0.1, -0.05) is 11.2 Å². The quantitative estimate of drug-likeness (QED) is 0.482. The molecule has 0 fully saturated rings. The molecule has 2 bridgehead atoms. The molecule has 1 atom stereocenters. The molecule has 0 spiro atoms. The molecule has 8 nitrogen and oxygen atoms in total. The van der Waals surface area contributed by atoms with E-state index in [4.69, 9.17) is 9.26 Å². The number of nitrogens with one attached hydrogen (secondary N) is 1. The Labute approximate surface area is 174 Å². The van der Waals surface area contributed by atoms with Crippen molar-refractivity contribution >= 4 is 23.1 Å². The summed E-state index contributed by atoms with van der Waals surface area (Å²) in [5, 5.41) is 17.2. The van der Waals surface area contributed by atoms with Gasteiger partial charge in [0.15, 0.2) is 5.76 Å². The molecule has 1 N–H and O–H groups in total. The summed E-state index contributed by atoms with van der Waals surface area (Å²) < 4.78 is 13.7. The molecule has 1 aromatic carbocycles. The predicted octanol–water partition coefficient (Wildman–Crippen LogP) is 3.64. The van der Waals surface area contributed by atoms with E-state index >= 15 is 0 Å². The lowest BCUT2D eigenvalue weighted by atomic mass is 10.0. The number of rotatable bonds is 0. The molecule has 0 radical (unpaired) electrons. The molecule has 5 rings (SSSR count). The smallest absolute Gasteiger partial charge is 0.219 e. The highest BCUT2D eigenvalue weighted by Gasteiger charge is 2.20. The third-order valence-corrected chi connectivity index (χ3v) is 5.47. The fraction of sp³-hybridized carbons (Fsp3) is 0.318. The van der Waals surface area contributed by atoms with Crippen LogP contribution in [-0.4, -0.2) is 49.7 Å². The third-order valence-electron chi connectivity index (χ3n) is 5.47. The van der Waals surface area contributed by atoms with Gasteiger partial charge >= 0.3 is 0 Å². The van der Waals surface area contributed by atoms with Gasteiger partial charge in [-0.15, -0.1) is 0 Å². The van der Waals surface area contributed by atoms with E-state index in [9.17, 15) is 0 Å². The maximum absolute atomic E-state index is 6.33. The minimum Gasteiger partial charge on any atom is -0.473 e. The highest BCUT2D eigenvalue weighted by molar-refractivity contribution is 5.93. The van der Waals surface area contributed by atoms with Crippen LogP contribution in [-0.2, 0) is 13.6 Å². The van der Waals surface area contributed by atoms with Crippen molar-refractivity contribution in [2.24, 2.45) is 7.05 Å². The standard InChI is InChI=1S/C22H24N6O2/c1-13-11-27(3)12-21-16(14(2)26-30-21)6-8-20-17-9-15(5-7-19(17)24-25-20)18-10-23-28(4)22(18)29-13/h5-10,13H,11-12H2,1-4H3,(H,24,25)/b8-6+/t13-/m0/s1. The highest BCUT2D eigenvalue weighted by Crippen LogP contribution is 2.33. The van der Waals surface area contributed by atoms with E-state index in [-0.39, 0.29) is 6.10 Å².